The fourth-order valence-electron chi connectivity index (χ4n) is 2.11. The van der Waals surface area contributed by atoms with Crippen LogP contribution in [0.5, 0.6) is 0 Å². The monoisotopic (exact) mass is 390 g/mol. The second-order valence-corrected chi connectivity index (χ2v) is 6.94. The molecule has 9 nitrogen and oxygen atoms in total. The lowest BCUT2D eigenvalue weighted by atomic mass is 10.1. The van der Waals surface area contributed by atoms with E-state index in [-0.39, 0.29) is 19.5 Å². The Kier molecular flexibility index (Phi) is 8.80. The van der Waals surface area contributed by atoms with Crippen LogP contribution in [0, 0.1) is 0 Å². The van der Waals surface area contributed by atoms with E-state index < -0.39 is 35.5 Å². The summed E-state index contributed by atoms with van der Waals surface area (Å²) in [5.41, 5.74) is 0.162. The fraction of sp³-hybridized carbons (Fsp3) is 0.421. The first kappa shape index (κ1) is 22.8. The second-order valence-electron chi connectivity index (χ2n) is 6.94. The normalized spacial score (nSPS) is 11.7. The molecular weight excluding hydrogens is 364 g/mol. The zero-order chi connectivity index (χ0) is 21.2. The molecule has 0 spiro atoms. The highest BCUT2D eigenvalue weighted by atomic mass is 16.6. The molecule has 0 aromatic heterocycles. The molecule has 0 aliphatic carbocycles. The van der Waals surface area contributed by atoms with Gasteiger partial charge >= 0.3 is 6.09 Å². The van der Waals surface area contributed by atoms with Gasteiger partial charge in [-0.2, -0.15) is 0 Å². The molecular formula is C19H26N4O5. The molecule has 1 aromatic carbocycles. The highest BCUT2D eigenvalue weighted by Gasteiger charge is 2.21. The largest absolute Gasteiger partial charge is 0.444 e. The van der Waals surface area contributed by atoms with Gasteiger partial charge in [0.15, 0.2) is 0 Å². The zero-order valence-electron chi connectivity index (χ0n) is 16.3. The smallest absolute Gasteiger partial charge is 0.408 e. The average molecular weight is 390 g/mol. The summed E-state index contributed by atoms with van der Waals surface area (Å²) in [5, 5.41) is 7.15. The van der Waals surface area contributed by atoms with Crippen molar-refractivity contribution >= 4 is 30.5 Å². The SMILES string of the molecule is C=NC(=O)[C@H](Cc1ccccc1)NC(=O)CNC(=O)CNC(=O)OC(C)(C)C. The summed E-state index contributed by atoms with van der Waals surface area (Å²) in [5.74, 6) is -1.72. The van der Waals surface area contributed by atoms with Gasteiger partial charge in [0.1, 0.15) is 18.2 Å². The third kappa shape index (κ3) is 9.46. The fourth-order valence-corrected chi connectivity index (χ4v) is 2.11. The van der Waals surface area contributed by atoms with E-state index in [1.54, 1.807) is 20.8 Å². The molecule has 0 heterocycles. The van der Waals surface area contributed by atoms with Crippen LogP contribution in [-0.2, 0) is 25.5 Å². The quantitative estimate of drug-likeness (QED) is 0.560. The number of carbonyl (C=O) groups is 4. The van der Waals surface area contributed by atoms with Crippen molar-refractivity contribution in [2.75, 3.05) is 13.1 Å². The molecule has 1 aromatic rings. The van der Waals surface area contributed by atoms with Crippen molar-refractivity contribution < 1.29 is 23.9 Å². The molecule has 0 aliphatic heterocycles. The van der Waals surface area contributed by atoms with Crippen LogP contribution in [-0.4, -0.2) is 55.3 Å². The molecule has 0 saturated carbocycles. The van der Waals surface area contributed by atoms with Crippen molar-refractivity contribution in [1.29, 1.82) is 0 Å². The number of hydrogen-bond acceptors (Lipinski definition) is 5. The number of aliphatic imine (C=N–C) groups is 1. The predicted octanol–water partition coefficient (Wildman–Crippen LogP) is 0.582. The molecule has 3 N–H and O–H groups in total. The maximum Gasteiger partial charge on any atom is 0.408 e. The van der Waals surface area contributed by atoms with E-state index >= 15 is 0 Å². The van der Waals surface area contributed by atoms with Crippen molar-refractivity contribution in [2.24, 2.45) is 4.99 Å². The number of amides is 4. The lowest BCUT2D eigenvalue weighted by molar-refractivity contribution is -0.128. The van der Waals surface area contributed by atoms with Gasteiger partial charge in [0, 0.05) is 6.42 Å². The summed E-state index contributed by atoms with van der Waals surface area (Å²) in [7, 11) is 0. The zero-order valence-corrected chi connectivity index (χ0v) is 16.3. The van der Waals surface area contributed by atoms with Gasteiger partial charge in [0.25, 0.3) is 5.91 Å². The maximum absolute atomic E-state index is 12.0. The first-order chi connectivity index (χ1) is 13.1. The van der Waals surface area contributed by atoms with Crippen molar-refractivity contribution in [3.05, 3.63) is 35.9 Å². The van der Waals surface area contributed by atoms with Crippen LogP contribution in [0.3, 0.4) is 0 Å². The summed E-state index contributed by atoms with van der Waals surface area (Å²) in [6, 6.07) is 8.23. The van der Waals surface area contributed by atoms with Crippen LogP contribution in [0.15, 0.2) is 35.3 Å². The molecule has 0 unspecified atom stereocenters. The van der Waals surface area contributed by atoms with E-state index in [2.05, 4.69) is 27.7 Å². The predicted molar refractivity (Wildman–Crippen MR) is 104 cm³/mol. The minimum absolute atomic E-state index is 0.249. The first-order valence-electron chi connectivity index (χ1n) is 8.68. The van der Waals surface area contributed by atoms with E-state index in [4.69, 9.17) is 4.74 Å². The Hall–Kier alpha value is -3.23. The molecule has 0 aliphatic rings. The van der Waals surface area contributed by atoms with Gasteiger partial charge in [0.05, 0.1) is 6.54 Å². The lowest BCUT2D eigenvalue weighted by Crippen LogP contribution is -2.47. The third-order valence-corrected chi connectivity index (χ3v) is 3.31. The minimum atomic E-state index is -0.885. The molecule has 0 saturated heterocycles. The van der Waals surface area contributed by atoms with Gasteiger partial charge in [-0.15, -0.1) is 0 Å². The molecule has 0 radical (unpaired) electrons. The van der Waals surface area contributed by atoms with Gasteiger partial charge in [-0.05, 0) is 33.1 Å². The van der Waals surface area contributed by atoms with E-state index in [9.17, 15) is 19.2 Å². The molecule has 0 fully saturated rings. The Morgan fingerprint density at radius 2 is 1.64 bits per heavy atom. The van der Waals surface area contributed by atoms with Crippen molar-refractivity contribution in [2.45, 2.75) is 38.8 Å². The number of carbonyl (C=O) groups excluding carboxylic acids is 4. The molecule has 152 valence electrons. The van der Waals surface area contributed by atoms with Crippen LogP contribution in [0.1, 0.15) is 26.3 Å². The number of nitrogens with one attached hydrogen (secondary N) is 3. The van der Waals surface area contributed by atoms with Crippen LogP contribution < -0.4 is 16.0 Å². The Bertz CT molecular complexity index is 713. The van der Waals surface area contributed by atoms with Crippen LogP contribution in [0.4, 0.5) is 4.79 Å². The number of nitrogens with zero attached hydrogens (tertiary/aromatic N) is 1. The number of benzene rings is 1. The van der Waals surface area contributed by atoms with Gasteiger partial charge in [-0.25, -0.2) is 9.79 Å². The van der Waals surface area contributed by atoms with E-state index in [0.29, 0.717) is 0 Å². The van der Waals surface area contributed by atoms with Crippen LogP contribution in [0.2, 0.25) is 0 Å². The molecule has 1 atom stereocenters. The molecule has 9 heteroatoms. The number of rotatable bonds is 8. The standard InChI is InChI=1S/C19H26N4O5/c1-19(2,3)28-18(27)22-11-15(24)21-12-16(25)23-14(17(26)20-4)10-13-8-6-5-7-9-13/h5-9,14H,4,10-12H2,1-3H3,(H,21,24)(H,22,27)(H,23,25)/t14-/m0/s1. The third-order valence-electron chi connectivity index (χ3n) is 3.31. The first-order valence-corrected chi connectivity index (χ1v) is 8.68. The maximum atomic E-state index is 12.0. The number of hydrogen-bond donors (Lipinski definition) is 3. The summed E-state index contributed by atoms with van der Waals surface area (Å²) in [6.07, 6.45) is -0.490. The van der Waals surface area contributed by atoms with E-state index in [1.165, 1.54) is 0 Å². The Morgan fingerprint density at radius 3 is 2.21 bits per heavy atom. The molecule has 1 rings (SSSR count). The molecule has 0 bridgehead atoms. The molecule has 28 heavy (non-hydrogen) atoms. The topological polar surface area (TPSA) is 126 Å². The Morgan fingerprint density at radius 1 is 1.04 bits per heavy atom. The summed E-state index contributed by atoms with van der Waals surface area (Å²) < 4.78 is 5.00. The van der Waals surface area contributed by atoms with Gasteiger partial charge < -0.3 is 20.7 Å². The lowest BCUT2D eigenvalue weighted by Gasteiger charge is -2.19. The van der Waals surface area contributed by atoms with Gasteiger partial charge in [-0.1, -0.05) is 30.3 Å². The number of alkyl carbamates (subject to hydrolysis) is 1. The Balaban J connectivity index is 2.45. The van der Waals surface area contributed by atoms with E-state index in [1.807, 2.05) is 30.3 Å². The average Bonchev–Trinajstić information content (AvgIpc) is 2.63. The number of ether oxygens (including phenoxy) is 1. The van der Waals surface area contributed by atoms with Crippen molar-refractivity contribution in [3.63, 3.8) is 0 Å². The van der Waals surface area contributed by atoms with Crippen molar-refractivity contribution in [3.8, 4) is 0 Å². The molecule has 4 amide bonds. The summed E-state index contributed by atoms with van der Waals surface area (Å²) >= 11 is 0. The van der Waals surface area contributed by atoms with Crippen LogP contribution in [0.25, 0.3) is 0 Å². The second kappa shape index (κ2) is 10.8. The Labute approximate surface area is 163 Å². The van der Waals surface area contributed by atoms with E-state index in [0.717, 1.165) is 5.56 Å². The summed E-state index contributed by atoms with van der Waals surface area (Å²) in [6.45, 7) is 7.59. The highest BCUT2D eigenvalue weighted by molar-refractivity contribution is 5.92. The summed E-state index contributed by atoms with van der Waals surface area (Å²) in [4.78, 5) is 50.5. The van der Waals surface area contributed by atoms with Crippen LogP contribution >= 0.6 is 0 Å². The van der Waals surface area contributed by atoms with Gasteiger partial charge in [-0.3, -0.25) is 14.4 Å². The van der Waals surface area contributed by atoms with Crippen molar-refractivity contribution in [1.82, 2.24) is 16.0 Å². The highest BCUT2D eigenvalue weighted by Crippen LogP contribution is 2.06. The minimum Gasteiger partial charge on any atom is -0.444 e. The van der Waals surface area contributed by atoms with Gasteiger partial charge in [0.2, 0.25) is 11.8 Å².